The molecule has 5 heteroatoms. The number of nitrogens with two attached hydrogens (primary N) is 1. The number of aryl methyl sites for hydroxylation is 2. The summed E-state index contributed by atoms with van der Waals surface area (Å²) in [6.45, 7) is 3.91. The fraction of sp³-hybridized carbons (Fsp3) is 0.333. The van der Waals surface area contributed by atoms with Crippen molar-refractivity contribution in [1.82, 2.24) is 15.1 Å². The summed E-state index contributed by atoms with van der Waals surface area (Å²) in [4.78, 5) is 12.2. The predicted molar refractivity (Wildman–Crippen MR) is 77.9 cm³/mol. The first-order chi connectivity index (χ1) is 9.47. The molecule has 0 saturated heterocycles. The van der Waals surface area contributed by atoms with Gasteiger partial charge in [-0.1, -0.05) is 29.8 Å². The Morgan fingerprint density at radius 2 is 1.95 bits per heavy atom. The molecule has 5 nitrogen and oxygen atoms in total. The quantitative estimate of drug-likeness (QED) is 0.888. The van der Waals surface area contributed by atoms with E-state index in [1.165, 1.54) is 0 Å². The molecule has 0 spiro atoms. The molecule has 1 aromatic heterocycles. The van der Waals surface area contributed by atoms with Crippen LogP contribution in [0.1, 0.15) is 35.7 Å². The van der Waals surface area contributed by atoms with E-state index in [0.29, 0.717) is 0 Å². The molecule has 0 fully saturated rings. The van der Waals surface area contributed by atoms with Gasteiger partial charge in [-0.05, 0) is 19.4 Å². The topological polar surface area (TPSA) is 72.9 Å². The number of nitrogens with one attached hydrogen (secondary N) is 1. The monoisotopic (exact) mass is 272 g/mol. The molecule has 3 N–H and O–H groups in total. The Hall–Kier alpha value is -2.14. The van der Waals surface area contributed by atoms with Crippen molar-refractivity contribution < 1.29 is 4.79 Å². The highest BCUT2D eigenvalue weighted by atomic mass is 16.2. The number of hydrogen-bond donors (Lipinski definition) is 2. The first kappa shape index (κ1) is 14.3. The van der Waals surface area contributed by atoms with Crippen LogP contribution in [0.25, 0.3) is 0 Å². The number of benzene rings is 1. The number of hydrogen-bond acceptors (Lipinski definition) is 3. The van der Waals surface area contributed by atoms with E-state index in [9.17, 15) is 4.79 Å². The lowest BCUT2D eigenvalue weighted by Crippen LogP contribution is -2.35. The lowest BCUT2D eigenvalue weighted by molar-refractivity contribution is -0.123. The van der Waals surface area contributed by atoms with Gasteiger partial charge < -0.3 is 11.1 Å². The van der Waals surface area contributed by atoms with Gasteiger partial charge in [0.1, 0.15) is 6.04 Å². The van der Waals surface area contributed by atoms with Gasteiger partial charge in [-0.3, -0.25) is 9.48 Å². The van der Waals surface area contributed by atoms with Gasteiger partial charge in [0.15, 0.2) is 0 Å². The van der Waals surface area contributed by atoms with Gasteiger partial charge in [0.2, 0.25) is 5.91 Å². The van der Waals surface area contributed by atoms with E-state index >= 15 is 0 Å². The second-order valence-electron chi connectivity index (χ2n) is 5.07. The maximum atomic E-state index is 12.2. The summed E-state index contributed by atoms with van der Waals surface area (Å²) < 4.78 is 1.71. The van der Waals surface area contributed by atoms with Crippen molar-refractivity contribution in [3.05, 3.63) is 53.3 Å². The lowest BCUT2D eigenvalue weighted by Gasteiger charge is -2.17. The van der Waals surface area contributed by atoms with Crippen LogP contribution in [0.3, 0.4) is 0 Å². The van der Waals surface area contributed by atoms with Crippen LogP contribution in [-0.4, -0.2) is 15.7 Å². The average molecular weight is 272 g/mol. The molecular formula is C15H20N4O. The molecular weight excluding hydrogens is 252 g/mol. The van der Waals surface area contributed by atoms with Gasteiger partial charge in [0.25, 0.3) is 0 Å². The SMILES string of the molecule is Cc1ccc(C(N)C(=O)NC(C)c2cnn(C)c2)cc1. The zero-order valence-electron chi connectivity index (χ0n) is 12.0. The van der Waals surface area contributed by atoms with Crippen molar-refractivity contribution in [3.63, 3.8) is 0 Å². The van der Waals surface area contributed by atoms with Crippen molar-refractivity contribution in [2.75, 3.05) is 0 Å². The van der Waals surface area contributed by atoms with Gasteiger partial charge in [0, 0.05) is 18.8 Å². The predicted octanol–water partition coefficient (Wildman–Crippen LogP) is 1.61. The van der Waals surface area contributed by atoms with Crippen LogP contribution in [0.2, 0.25) is 0 Å². The van der Waals surface area contributed by atoms with E-state index in [0.717, 1.165) is 16.7 Å². The molecule has 1 aromatic carbocycles. The molecule has 0 bridgehead atoms. The van der Waals surface area contributed by atoms with Gasteiger partial charge in [-0.2, -0.15) is 5.10 Å². The van der Waals surface area contributed by atoms with E-state index < -0.39 is 6.04 Å². The normalized spacial score (nSPS) is 13.8. The van der Waals surface area contributed by atoms with Crippen LogP contribution in [-0.2, 0) is 11.8 Å². The molecule has 106 valence electrons. The van der Waals surface area contributed by atoms with Crippen LogP contribution >= 0.6 is 0 Å². The van der Waals surface area contributed by atoms with Gasteiger partial charge in [0.05, 0.1) is 12.2 Å². The minimum absolute atomic E-state index is 0.118. The van der Waals surface area contributed by atoms with Gasteiger partial charge >= 0.3 is 0 Å². The molecule has 2 aromatic rings. The minimum atomic E-state index is -0.658. The average Bonchev–Trinajstić information content (AvgIpc) is 2.85. The Labute approximate surface area is 118 Å². The third-order valence-corrected chi connectivity index (χ3v) is 3.30. The largest absolute Gasteiger partial charge is 0.348 e. The van der Waals surface area contributed by atoms with Crippen molar-refractivity contribution in [3.8, 4) is 0 Å². The van der Waals surface area contributed by atoms with Crippen LogP contribution in [0.5, 0.6) is 0 Å². The first-order valence-corrected chi connectivity index (χ1v) is 6.58. The zero-order chi connectivity index (χ0) is 14.7. The summed E-state index contributed by atoms with van der Waals surface area (Å²) in [5.41, 5.74) is 8.90. The third kappa shape index (κ3) is 3.24. The summed E-state index contributed by atoms with van der Waals surface area (Å²) in [5.74, 6) is -0.190. The van der Waals surface area contributed by atoms with Crippen LogP contribution in [0.4, 0.5) is 0 Å². The molecule has 2 atom stereocenters. The van der Waals surface area contributed by atoms with Crippen molar-refractivity contribution in [1.29, 1.82) is 0 Å². The van der Waals surface area contributed by atoms with E-state index in [2.05, 4.69) is 10.4 Å². The fourth-order valence-corrected chi connectivity index (χ4v) is 1.98. The Morgan fingerprint density at radius 3 is 2.50 bits per heavy atom. The summed E-state index contributed by atoms with van der Waals surface area (Å²) in [6.07, 6.45) is 3.62. The van der Waals surface area contributed by atoms with Crippen LogP contribution in [0, 0.1) is 6.92 Å². The van der Waals surface area contributed by atoms with Crippen molar-refractivity contribution >= 4 is 5.91 Å². The summed E-state index contributed by atoms with van der Waals surface area (Å²) in [5, 5.41) is 7.00. The lowest BCUT2D eigenvalue weighted by atomic mass is 10.0. The van der Waals surface area contributed by atoms with Gasteiger partial charge in [-0.25, -0.2) is 0 Å². The zero-order valence-corrected chi connectivity index (χ0v) is 12.0. The highest BCUT2D eigenvalue weighted by Crippen LogP contribution is 2.15. The van der Waals surface area contributed by atoms with E-state index in [4.69, 9.17) is 5.73 Å². The van der Waals surface area contributed by atoms with E-state index in [1.54, 1.807) is 10.9 Å². The van der Waals surface area contributed by atoms with Crippen molar-refractivity contribution in [2.24, 2.45) is 12.8 Å². The van der Waals surface area contributed by atoms with Crippen molar-refractivity contribution in [2.45, 2.75) is 25.9 Å². The highest BCUT2D eigenvalue weighted by molar-refractivity contribution is 5.83. The number of nitrogens with zero attached hydrogens (tertiary/aromatic N) is 2. The molecule has 20 heavy (non-hydrogen) atoms. The van der Waals surface area contributed by atoms with Gasteiger partial charge in [-0.15, -0.1) is 0 Å². The van der Waals surface area contributed by atoms with E-state index in [-0.39, 0.29) is 11.9 Å². The molecule has 0 aliphatic carbocycles. The summed E-state index contributed by atoms with van der Waals surface area (Å²) in [7, 11) is 1.84. The molecule has 2 rings (SSSR count). The molecule has 1 heterocycles. The maximum Gasteiger partial charge on any atom is 0.241 e. The number of carbonyl (C=O) groups is 1. The molecule has 2 unspecified atom stereocenters. The standard InChI is InChI=1S/C15H20N4O/c1-10-4-6-12(7-5-10)14(16)15(20)18-11(2)13-8-17-19(3)9-13/h4-9,11,14H,16H2,1-3H3,(H,18,20). The molecule has 0 aliphatic rings. The highest BCUT2D eigenvalue weighted by Gasteiger charge is 2.18. The number of carbonyl (C=O) groups excluding carboxylic acids is 1. The smallest absolute Gasteiger partial charge is 0.241 e. The number of amides is 1. The van der Waals surface area contributed by atoms with Crippen LogP contribution < -0.4 is 11.1 Å². The summed E-state index contributed by atoms with van der Waals surface area (Å²) >= 11 is 0. The Balaban J connectivity index is 2.02. The maximum absolute atomic E-state index is 12.2. The van der Waals surface area contributed by atoms with Crippen LogP contribution in [0.15, 0.2) is 36.7 Å². The second kappa shape index (κ2) is 5.88. The first-order valence-electron chi connectivity index (χ1n) is 6.58. The Bertz CT molecular complexity index is 588. The number of rotatable bonds is 4. The van der Waals surface area contributed by atoms with E-state index in [1.807, 2.05) is 51.4 Å². The number of aromatic nitrogens is 2. The summed E-state index contributed by atoms with van der Waals surface area (Å²) in [6, 6.07) is 6.89. The third-order valence-electron chi connectivity index (χ3n) is 3.30. The Kier molecular flexibility index (Phi) is 4.20. The molecule has 0 radical (unpaired) electrons. The fourth-order valence-electron chi connectivity index (χ4n) is 1.98. The minimum Gasteiger partial charge on any atom is -0.348 e. The second-order valence-corrected chi connectivity index (χ2v) is 5.07. The molecule has 1 amide bonds. The molecule has 0 aliphatic heterocycles. The Morgan fingerprint density at radius 1 is 1.30 bits per heavy atom. The molecule has 0 saturated carbocycles.